The first-order valence-electron chi connectivity index (χ1n) is 4.74. The molecule has 6 heteroatoms. The van der Waals surface area contributed by atoms with E-state index in [2.05, 4.69) is 10.4 Å². The highest BCUT2D eigenvalue weighted by molar-refractivity contribution is 5.86. The fourth-order valence-electron chi connectivity index (χ4n) is 1.50. The molecule has 0 radical (unpaired) electrons. The number of carbonyl (C=O) groups is 1. The van der Waals surface area contributed by atoms with Crippen LogP contribution < -0.4 is 17.0 Å². The van der Waals surface area contributed by atoms with Gasteiger partial charge in [0, 0.05) is 13.1 Å². The van der Waals surface area contributed by atoms with Crippen LogP contribution in [-0.2, 0) is 4.79 Å². The molecule has 1 amide bonds. The Hall–Kier alpha value is -1.30. The summed E-state index contributed by atoms with van der Waals surface area (Å²) in [5.41, 5.74) is 7.55. The molecule has 0 bridgehead atoms. The van der Waals surface area contributed by atoms with Crippen LogP contribution in [0.5, 0.6) is 0 Å². The average Bonchev–Trinajstić information content (AvgIpc) is 2.69. The first-order chi connectivity index (χ1) is 6.65. The summed E-state index contributed by atoms with van der Waals surface area (Å²) in [6, 6.07) is -0.454. The summed E-state index contributed by atoms with van der Waals surface area (Å²) >= 11 is 0. The van der Waals surface area contributed by atoms with Crippen molar-refractivity contribution in [1.29, 1.82) is 0 Å². The van der Waals surface area contributed by atoms with Gasteiger partial charge in [0.05, 0.1) is 0 Å². The van der Waals surface area contributed by atoms with E-state index in [1.54, 1.807) is 11.8 Å². The molecule has 0 saturated carbocycles. The monoisotopic (exact) mass is 199 g/mol. The Labute approximate surface area is 83.3 Å². The summed E-state index contributed by atoms with van der Waals surface area (Å²) in [7, 11) is 0. The fourth-order valence-corrected chi connectivity index (χ4v) is 1.50. The van der Waals surface area contributed by atoms with E-state index in [1.165, 1.54) is 0 Å². The SMILES string of the molecule is CC(N=C(N)NN)C(=O)N1CCCC1. The molecule has 1 aliphatic rings. The highest BCUT2D eigenvalue weighted by Gasteiger charge is 2.22. The summed E-state index contributed by atoms with van der Waals surface area (Å²) in [5.74, 6) is 5.15. The summed E-state index contributed by atoms with van der Waals surface area (Å²) < 4.78 is 0. The predicted octanol–water partition coefficient (Wildman–Crippen LogP) is -1.22. The quantitative estimate of drug-likeness (QED) is 0.225. The molecule has 1 saturated heterocycles. The van der Waals surface area contributed by atoms with Crippen LogP contribution in [0.15, 0.2) is 4.99 Å². The molecule has 1 aliphatic heterocycles. The molecule has 5 N–H and O–H groups in total. The number of amides is 1. The molecule has 0 aliphatic carbocycles. The van der Waals surface area contributed by atoms with Crippen molar-refractivity contribution in [3.05, 3.63) is 0 Å². The van der Waals surface area contributed by atoms with E-state index in [0.717, 1.165) is 25.9 Å². The van der Waals surface area contributed by atoms with Crippen molar-refractivity contribution in [2.75, 3.05) is 13.1 Å². The Morgan fingerprint density at radius 3 is 2.57 bits per heavy atom. The second-order valence-corrected chi connectivity index (χ2v) is 3.37. The molecule has 80 valence electrons. The highest BCUT2D eigenvalue weighted by atomic mass is 16.2. The number of nitrogens with zero attached hydrogens (tertiary/aromatic N) is 2. The predicted molar refractivity (Wildman–Crippen MR) is 54.2 cm³/mol. The van der Waals surface area contributed by atoms with E-state index in [-0.39, 0.29) is 11.9 Å². The van der Waals surface area contributed by atoms with Crippen molar-refractivity contribution in [3.8, 4) is 0 Å². The van der Waals surface area contributed by atoms with Gasteiger partial charge in [0.25, 0.3) is 0 Å². The second-order valence-electron chi connectivity index (χ2n) is 3.37. The standard InChI is InChI=1S/C8H17N5O/c1-6(11-8(9)12-10)7(14)13-4-2-3-5-13/h6H,2-5,10H2,1H3,(H3,9,11,12). The smallest absolute Gasteiger partial charge is 0.247 e. The molecule has 0 aromatic carbocycles. The van der Waals surface area contributed by atoms with Gasteiger partial charge in [0.2, 0.25) is 11.9 Å². The largest absolute Gasteiger partial charge is 0.369 e. The summed E-state index contributed by atoms with van der Waals surface area (Å²) in [6.45, 7) is 3.37. The Kier molecular flexibility index (Phi) is 3.70. The van der Waals surface area contributed by atoms with Gasteiger partial charge in [-0.1, -0.05) is 0 Å². The van der Waals surface area contributed by atoms with E-state index in [4.69, 9.17) is 11.6 Å². The first kappa shape index (κ1) is 10.8. The van der Waals surface area contributed by atoms with Crippen LogP contribution in [0.3, 0.4) is 0 Å². The maximum atomic E-state index is 11.7. The van der Waals surface area contributed by atoms with Gasteiger partial charge in [-0.05, 0) is 19.8 Å². The van der Waals surface area contributed by atoms with Gasteiger partial charge < -0.3 is 10.6 Å². The lowest BCUT2D eigenvalue weighted by molar-refractivity contribution is -0.131. The zero-order chi connectivity index (χ0) is 10.6. The van der Waals surface area contributed by atoms with Crippen molar-refractivity contribution in [3.63, 3.8) is 0 Å². The van der Waals surface area contributed by atoms with Crippen molar-refractivity contribution >= 4 is 11.9 Å². The zero-order valence-corrected chi connectivity index (χ0v) is 8.36. The van der Waals surface area contributed by atoms with Gasteiger partial charge >= 0.3 is 0 Å². The van der Waals surface area contributed by atoms with Crippen LogP contribution in [0.2, 0.25) is 0 Å². The lowest BCUT2D eigenvalue weighted by Gasteiger charge is -2.17. The van der Waals surface area contributed by atoms with E-state index in [0.29, 0.717) is 0 Å². The minimum absolute atomic E-state index is 0.0145. The molecule has 14 heavy (non-hydrogen) atoms. The Morgan fingerprint density at radius 2 is 2.07 bits per heavy atom. The number of aliphatic imine (C=N–C) groups is 1. The number of hydrazine groups is 1. The molecule has 1 atom stereocenters. The van der Waals surface area contributed by atoms with Crippen LogP contribution in [0.25, 0.3) is 0 Å². The maximum absolute atomic E-state index is 11.7. The molecule has 1 heterocycles. The van der Waals surface area contributed by atoms with Gasteiger partial charge in [-0.15, -0.1) is 0 Å². The summed E-state index contributed by atoms with van der Waals surface area (Å²) in [5, 5.41) is 0. The molecule has 0 aromatic heterocycles. The molecular formula is C8H17N5O. The summed E-state index contributed by atoms with van der Waals surface area (Å²) in [6.07, 6.45) is 2.15. The average molecular weight is 199 g/mol. The Balaban J connectivity index is 2.51. The molecule has 6 nitrogen and oxygen atoms in total. The van der Waals surface area contributed by atoms with Crippen LogP contribution >= 0.6 is 0 Å². The number of hydrogen-bond acceptors (Lipinski definition) is 3. The third-order valence-corrected chi connectivity index (χ3v) is 2.26. The second kappa shape index (κ2) is 4.80. The highest BCUT2D eigenvalue weighted by Crippen LogP contribution is 2.09. The third-order valence-electron chi connectivity index (χ3n) is 2.26. The van der Waals surface area contributed by atoms with Gasteiger partial charge in [0.15, 0.2) is 0 Å². The molecular weight excluding hydrogens is 182 g/mol. The van der Waals surface area contributed by atoms with Crippen molar-refractivity contribution in [1.82, 2.24) is 10.3 Å². The number of guanidine groups is 1. The van der Waals surface area contributed by atoms with Crippen LogP contribution in [0.1, 0.15) is 19.8 Å². The molecule has 1 rings (SSSR count). The number of rotatable bonds is 2. The number of nitrogens with two attached hydrogens (primary N) is 2. The van der Waals surface area contributed by atoms with Crippen LogP contribution in [0, 0.1) is 0 Å². The van der Waals surface area contributed by atoms with Crippen LogP contribution in [0.4, 0.5) is 0 Å². The fraction of sp³-hybridized carbons (Fsp3) is 0.750. The Bertz CT molecular complexity index is 234. The minimum atomic E-state index is -0.454. The molecule has 1 unspecified atom stereocenters. The third kappa shape index (κ3) is 2.59. The maximum Gasteiger partial charge on any atom is 0.247 e. The number of hydrogen-bond donors (Lipinski definition) is 3. The number of carbonyl (C=O) groups excluding carboxylic acids is 1. The van der Waals surface area contributed by atoms with Gasteiger partial charge in [-0.3, -0.25) is 10.2 Å². The van der Waals surface area contributed by atoms with Crippen molar-refractivity contribution in [2.24, 2.45) is 16.6 Å². The minimum Gasteiger partial charge on any atom is -0.369 e. The van der Waals surface area contributed by atoms with Gasteiger partial charge in [0.1, 0.15) is 6.04 Å². The summed E-state index contributed by atoms with van der Waals surface area (Å²) in [4.78, 5) is 17.4. The van der Waals surface area contributed by atoms with E-state index < -0.39 is 6.04 Å². The molecule has 0 spiro atoms. The lowest BCUT2D eigenvalue weighted by atomic mass is 10.3. The van der Waals surface area contributed by atoms with Crippen molar-refractivity contribution in [2.45, 2.75) is 25.8 Å². The topological polar surface area (TPSA) is 96.7 Å². The Morgan fingerprint density at radius 1 is 1.50 bits per heavy atom. The van der Waals surface area contributed by atoms with Crippen molar-refractivity contribution < 1.29 is 4.79 Å². The van der Waals surface area contributed by atoms with E-state index in [9.17, 15) is 4.79 Å². The first-order valence-corrected chi connectivity index (χ1v) is 4.74. The zero-order valence-electron chi connectivity index (χ0n) is 8.36. The lowest BCUT2D eigenvalue weighted by Crippen LogP contribution is -2.41. The van der Waals surface area contributed by atoms with Gasteiger partial charge in [-0.2, -0.15) is 0 Å². The van der Waals surface area contributed by atoms with Crippen LogP contribution in [-0.4, -0.2) is 35.9 Å². The molecule has 1 fully saturated rings. The van der Waals surface area contributed by atoms with E-state index >= 15 is 0 Å². The molecule has 0 aromatic rings. The van der Waals surface area contributed by atoms with Gasteiger partial charge in [-0.25, -0.2) is 10.8 Å². The number of nitrogens with one attached hydrogen (secondary N) is 1. The number of likely N-dealkylation sites (tertiary alicyclic amines) is 1. The van der Waals surface area contributed by atoms with E-state index in [1.807, 2.05) is 0 Å². The normalized spacial score (nSPS) is 19.6.